The zero-order chi connectivity index (χ0) is 12.3. The van der Waals surface area contributed by atoms with Crippen LogP contribution in [0.25, 0.3) is 0 Å². The van der Waals surface area contributed by atoms with Gasteiger partial charge in [-0.3, -0.25) is 0 Å². The van der Waals surface area contributed by atoms with E-state index in [4.69, 9.17) is 10.5 Å². The molecule has 0 aliphatic rings. The Balaban J connectivity index is 2.25. The number of methoxy groups -OCH3 is 1. The van der Waals surface area contributed by atoms with Crippen LogP contribution in [-0.4, -0.2) is 11.7 Å². The van der Waals surface area contributed by atoms with Crippen molar-refractivity contribution in [3.8, 4) is 5.75 Å². The molecule has 3 nitrogen and oxygen atoms in total. The average molecular weight is 295 g/mol. The van der Waals surface area contributed by atoms with Crippen LogP contribution in [0.4, 0.5) is 0 Å². The number of nitrogens with two attached hydrogens (primary N) is 1. The third-order valence-electron chi connectivity index (χ3n) is 2.64. The van der Waals surface area contributed by atoms with E-state index in [1.165, 1.54) is 0 Å². The number of hydrogen-bond donors (Lipinski definition) is 1. The summed E-state index contributed by atoms with van der Waals surface area (Å²) in [5, 5.41) is 0. The minimum atomic E-state index is 0.572. The second-order valence-corrected chi connectivity index (χ2v) is 4.77. The summed E-state index contributed by atoms with van der Waals surface area (Å²) in [6.07, 6.45) is 4.09. The molecule has 1 aromatic heterocycles. The summed E-state index contributed by atoms with van der Waals surface area (Å²) >= 11 is 3.47. The normalized spacial score (nSPS) is 10.5. The summed E-state index contributed by atoms with van der Waals surface area (Å²) < 4.78 is 8.51. The fraction of sp³-hybridized carbons (Fsp3) is 0.231. The number of rotatable bonds is 4. The van der Waals surface area contributed by atoms with Crippen molar-refractivity contribution in [2.75, 3.05) is 7.11 Å². The topological polar surface area (TPSA) is 40.2 Å². The molecule has 0 radical (unpaired) electrons. The monoisotopic (exact) mass is 294 g/mol. The minimum Gasteiger partial charge on any atom is -0.496 e. The van der Waals surface area contributed by atoms with Gasteiger partial charge in [0.1, 0.15) is 5.75 Å². The molecule has 1 aromatic carbocycles. The molecule has 0 unspecified atom stereocenters. The summed E-state index contributed by atoms with van der Waals surface area (Å²) in [5.74, 6) is 0.899. The van der Waals surface area contributed by atoms with E-state index in [0.717, 1.165) is 27.9 Å². The van der Waals surface area contributed by atoms with Gasteiger partial charge in [-0.25, -0.2) is 0 Å². The number of halogens is 1. The second kappa shape index (κ2) is 5.38. The molecule has 2 rings (SSSR count). The summed E-state index contributed by atoms with van der Waals surface area (Å²) in [4.78, 5) is 0. The molecule has 0 bridgehead atoms. The summed E-state index contributed by atoms with van der Waals surface area (Å²) in [5.41, 5.74) is 7.87. The maximum atomic E-state index is 5.59. The molecule has 2 N–H and O–H groups in total. The molecule has 4 heteroatoms. The number of nitrogens with zero attached hydrogens (tertiary/aromatic N) is 1. The molecule has 1 heterocycles. The van der Waals surface area contributed by atoms with Crippen LogP contribution in [0, 0.1) is 0 Å². The molecule has 0 spiro atoms. The van der Waals surface area contributed by atoms with Gasteiger partial charge in [0.25, 0.3) is 0 Å². The van der Waals surface area contributed by atoms with Gasteiger partial charge in [-0.1, -0.05) is 15.9 Å². The van der Waals surface area contributed by atoms with E-state index in [1.807, 2.05) is 24.4 Å². The predicted octanol–water partition coefficient (Wildman–Crippen LogP) is 2.77. The zero-order valence-electron chi connectivity index (χ0n) is 9.69. The molecule has 0 fully saturated rings. The lowest BCUT2D eigenvalue weighted by molar-refractivity contribution is 0.408. The van der Waals surface area contributed by atoms with Crippen LogP contribution in [-0.2, 0) is 13.1 Å². The van der Waals surface area contributed by atoms with E-state index in [1.54, 1.807) is 7.11 Å². The van der Waals surface area contributed by atoms with Crippen LogP contribution in [0.2, 0.25) is 0 Å². The highest BCUT2D eigenvalue weighted by Gasteiger charge is 2.04. The van der Waals surface area contributed by atoms with Gasteiger partial charge in [-0.2, -0.15) is 0 Å². The lowest BCUT2D eigenvalue weighted by Crippen LogP contribution is -2.00. The molecular weight excluding hydrogens is 280 g/mol. The van der Waals surface area contributed by atoms with Crippen molar-refractivity contribution >= 4 is 15.9 Å². The maximum Gasteiger partial charge on any atom is 0.123 e. The Hall–Kier alpha value is -1.26. The van der Waals surface area contributed by atoms with E-state index in [0.29, 0.717) is 6.54 Å². The second-order valence-electron chi connectivity index (χ2n) is 3.85. The zero-order valence-corrected chi connectivity index (χ0v) is 11.3. The van der Waals surface area contributed by atoms with Crippen molar-refractivity contribution in [1.82, 2.24) is 4.57 Å². The Morgan fingerprint density at radius 3 is 2.82 bits per heavy atom. The average Bonchev–Trinajstić information content (AvgIpc) is 2.77. The highest BCUT2D eigenvalue weighted by atomic mass is 79.9. The molecule has 0 aliphatic heterocycles. The van der Waals surface area contributed by atoms with Crippen molar-refractivity contribution in [1.29, 1.82) is 0 Å². The van der Waals surface area contributed by atoms with Gasteiger partial charge < -0.3 is 15.0 Å². The maximum absolute atomic E-state index is 5.59. The Kier molecular flexibility index (Phi) is 3.86. The van der Waals surface area contributed by atoms with Crippen LogP contribution >= 0.6 is 15.9 Å². The van der Waals surface area contributed by atoms with Gasteiger partial charge in [0.05, 0.1) is 13.7 Å². The van der Waals surface area contributed by atoms with Crippen molar-refractivity contribution in [3.05, 3.63) is 52.3 Å². The first-order valence-electron chi connectivity index (χ1n) is 5.40. The van der Waals surface area contributed by atoms with Crippen LogP contribution < -0.4 is 10.5 Å². The Morgan fingerprint density at radius 1 is 1.35 bits per heavy atom. The SMILES string of the molecule is COc1ccc(Br)cc1Cn1ccc(CN)c1. The van der Waals surface area contributed by atoms with Gasteiger partial charge in [-0.05, 0) is 29.8 Å². The Bertz CT molecular complexity index is 508. The van der Waals surface area contributed by atoms with Crippen LogP contribution in [0.5, 0.6) is 5.75 Å². The molecule has 17 heavy (non-hydrogen) atoms. The van der Waals surface area contributed by atoms with E-state index < -0.39 is 0 Å². The highest BCUT2D eigenvalue weighted by Crippen LogP contribution is 2.24. The fourth-order valence-electron chi connectivity index (χ4n) is 1.78. The first kappa shape index (κ1) is 12.2. The first-order valence-corrected chi connectivity index (χ1v) is 6.19. The summed E-state index contributed by atoms with van der Waals surface area (Å²) in [6, 6.07) is 8.04. The molecule has 0 atom stereocenters. The Morgan fingerprint density at radius 2 is 2.18 bits per heavy atom. The lowest BCUT2D eigenvalue weighted by atomic mass is 10.2. The van der Waals surface area contributed by atoms with Crippen LogP contribution in [0.15, 0.2) is 41.1 Å². The molecule has 90 valence electrons. The predicted molar refractivity (Wildman–Crippen MR) is 72.1 cm³/mol. The molecule has 2 aromatic rings. The minimum absolute atomic E-state index is 0.572. The van der Waals surface area contributed by atoms with E-state index in [9.17, 15) is 0 Å². The van der Waals surface area contributed by atoms with E-state index in [-0.39, 0.29) is 0 Å². The number of hydrogen-bond acceptors (Lipinski definition) is 2. The van der Waals surface area contributed by atoms with Gasteiger partial charge in [-0.15, -0.1) is 0 Å². The summed E-state index contributed by atoms with van der Waals surface area (Å²) in [7, 11) is 1.69. The van der Waals surface area contributed by atoms with Crippen molar-refractivity contribution in [3.63, 3.8) is 0 Å². The number of ether oxygens (including phenoxy) is 1. The standard InChI is InChI=1S/C13H15BrN2O/c1-17-13-3-2-12(14)6-11(13)9-16-5-4-10(7-15)8-16/h2-6,8H,7,9,15H2,1H3. The smallest absolute Gasteiger partial charge is 0.123 e. The largest absolute Gasteiger partial charge is 0.496 e. The van der Waals surface area contributed by atoms with Gasteiger partial charge in [0.2, 0.25) is 0 Å². The molecular formula is C13H15BrN2O. The quantitative estimate of drug-likeness (QED) is 0.942. The molecule has 0 aliphatic carbocycles. The summed E-state index contributed by atoms with van der Waals surface area (Å²) in [6.45, 7) is 1.35. The molecule has 0 amide bonds. The Labute approximate surface area is 109 Å². The number of aromatic nitrogens is 1. The number of benzene rings is 1. The molecule has 0 saturated carbocycles. The molecule has 0 saturated heterocycles. The van der Waals surface area contributed by atoms with Crippen molar-refractivity contribution < 1.29 is 4.74 Å². The van der Waals surface area contributed by atoms with Crippen LogP contribution in [0.1, 0.15) is 11.1 Å². The third-order valence-corrected chi connectivity index (χ3v) is 3.14. The third kappa shape index (κ3) is 2.90. The van der Waals surface area contributed by atoms with E-state index >= 15 is 0 Å². The first-order chi connectivity index (χ1) is 8.22. The van der Waals surface area contributed by atoms with Crippen molar-refractivity contribution in [2.24, 2.45) is 5.73 Å². The van der Waals surface area contributed by atoms with Crippen LogP contribution in [0.3, 0.4) is 0 Å². The van der Waals surface area contributed by atoms with Crippen molar-refractivity contribution in [2.45, 2.75) is 13.1 Å². The fourth-order valence-corrected chi connectivity index (χ4v) is 2.19. The highest BCUT2D eigenvalue weighted by molar-refractivity contribution is 9.10. The van der Waals surface area contributed by atoms with Gasteiger partial charge in [0, 0.05) is 29.0 Å². The van der Waals surface area contributed by atoms with E-state index in [2.05, 4.69) is 32.8 Å². The lowest BCUT2D eigenvalue weighted by Gasteiger charge is -2.09. The van der Waals surface area contributed by atoms with Gasteiger partial charge >= 0.3 is 0 Å². The van der Waals surface area contributed by atoms with Gasteiger partial charge in [0.15, 0.2) is 0 Å².